The molecule has 2 heterocycles. The summed E-state index contributed by atoms with van der Waals surface area (Å²) >= 11 is 0. The number of likely N-dealkylation sites (tertiary alicyclic amines) is 1. The lowest BCUT2D eigenvalue weighted by Crippen LogP contribution is -2.45. The van der Waals surface area contributed by atoms with Gasteiger partial charge in [-0.1, -0.05) is 0 Å². The Kier molecular flexibility index (Phi) is 4.74. The molecule has 2 saturated heterocycles. The van der Waals surface area contributed by atoms with Crippen LogP contribution in [0.1, 0.15) is 26.2 Å². The second kappa shape index (κ2) is 6.53. The summed E-state index contributed by atoms with van der Waals surface area (Å²) in [6.45, 7) is 11.5. The maximum Gasteiger partial charge on any atom is 0.0594 e. The van der Waals surface area contributed by atoms with Gasteiger partial charge >= 0.3 is 0 Å². The Balaban J connectivity index is 1.36. The maximum absolute atomic E-state index is 5.42. The molecular weight excluding hydrogens is 238 g/mol. The summed E-state index contributed by atoms with van der Waals surface area (Å²) in [5.74, 6) is 0.882. The minimum Gasteiger partial charge on any atom is -0.379 e. The van der Waals surface area contributed by atoms with Crippen molar-refractivity contribution in [1.82, 2.24) is 15.1 Å². The van der Waals surface area contributed by atoms with E-state index in [1.807, 2.05) is 0 Å². The normalized spacial score (nSPS) is 31.7. The number of morpholine rings is 1. The SMILES string of the molecule is CC(CN1CCOCC1)N1CCC(CNC2CC2)C1. The predicted octanol–water partition coefficient (Wildman–Crippen LogP) is 0.781. The van der Waals surface area contributed by atoms with Gasteiger partial charge in [0.05, 0.1) is 13.2 Å². The summed E-state index contributed by atoms with van der Waals surface area (Å²) in [5, 5.41) is 3.69. The number of ether oxygens (including phenoxy) is 1. The Labute approximate surface area is 117 Å². The zero-order valence-corrected chi connectivity index (χ0v) is 12.3. The summed E-state index contributed by atoms with van der Waals surface area (Å²) in [6.07, 6.45) is 4.20. The van der Waals surface area contributed by atoms with Crippen molar-refractivity contribution in [2.75, 3.05) is 52.5 Å². The van der Waals surface area contributed by atoms with Crippen molar-refractivity contribution < 1.29 is 4.74 Å². The molecule has 110 valence electrons. The average molecular weight is 267 g/mol. The molecule has 0 aromatic carbocycles. The van der Waals surface area contributed by atoms with Crippen molar-refractivity contribution in [1.29, 1.82) is 0 Å². The molecule has 0 spiro atoms. The van der Waals surface area contributed by atoms with Gasteiger partial charge in [0.2, 0.25) is 0 Å². The fourth-order valence-corrected chi connectivity index (χ4v) is 3.32. The second-order valence-corrected chi connectivity index (χ2v) is 6.59. The molecule has 2 aliphatic heterocycles. The standard InChI is InChI=1S/C15H29N3O/c1-13(11-17-6-8-19-9-7-17)18-5-4-14(12-18)10-16-15-2-3-15/h13-16H,2-12H2,1H3. The van der Waals surface area contributed by atoms with Crippen LogP contribution < -0.4 is 5.32 Å². The van der Waals surface area contributed by atoms with Gasteiger partial charge in [0.15, 0.2) is 0 Å². The Morgan fingerprint density at radius 2 is 1.95 bits per heavy atom. The van der Waals surface area contributed by atoms with E-state index in [2.05, 4.69) is 22.0 Å². The van der Waals surface area contributed by atoms with Gasteiger partial charge in [-0.3, -0.25) is 9.80 Å². The Hall–Kier alpha value is -0.160. The lowest BCUT2D eigenvalue weighted by molar-refractivity contribution is 0.0263. The van der Waals surface area contributed by atoms with Gasteiger partial charge in [-0.15, -0.1) is 0 Å². The summed E-state index contributed by atoms with van der Waals surface area (Å²) in [5.41, 5.74) is 0. The van der Waals surface area contributed by atoms with Crippen LogP contribution in [0.2, 0.25) is 0 Å². The molecule has 1 N–H and O–H groups in total. The highest BCUT2D eigenvalue weighted by Crippen LogP contribution is 2.22. The quantitative estimate of drug-likeness (QED) is 0.770. The summed E-state index contributed by atoms with van der Waals surface area (Å²) in [4.78, 5) is 5.25. The summed E-state index contributed by atoms with van der Waals surface area (Å²) in [7, 11) is 0. The van der Waals surface area contributed by atoms with E-state index in [9.17, 15) is 0 Å². The number of nitrogens with one attached hydrogen (secondary N) is 1. The predicted molar refractivity (Wildman–Crippen MR) is 77.4 cm³/mol. The van der Waals surface area contributed by atoms with Gasteiger partial charge in [0.1, 0.15) is 0 Å². The van der Waals surface area contributed by atoms with E-state index < -0.39 is 0 Å². The van der Waals surface area contributed by atoms with Crippen LogP contribution >= 0.6 is 0 Å². The van der Waals surface area contributed by atoms with Gasteiger partial charge < -0.3 is 10.1 Å². The molecule has 4 nitrogen and oxygen atoms in total. The second-order valence-electron chi connectivity index (χ2n) is 6.59. The molecule has 3 rings (SSSR count). The van der Waals surface area contributed by atoms with Crippen LogP contribution in [0.5, 0.6) is 0 Å². The van der Waals surface area contributed by atoms with Gasteiger partial charge in [-0.25, -0.2) is 0 Å². The lowest BCUT2D eigenvalue weighted by Gasteiger charge is -2.33. The van der Waals surface area contributed by atoms with Crippen molar-refractivity contribution in [2.24, 2.45) is 5.92 Å². The number of rotatable bonds is 6. The highest BCUT2D eigenvalue weighted by Gasteiger charge is 2.29. The van der Waals surface area contributed by atoms with Crippen molar-refractivity contribution in [3.05, 3.63) is 0 Å². The van der Waals surface area contributed by atoms with Crippen molar-refractivity contribution in [2.45, 2.75) is 38.3 Å². The first-order valence-electron chi connectivity index (χ1n) is 8.09. The van der Waals surface area contributed by atoms with Crippen LogP contribution in [-0.4, -0.2) is 74.4 Å². The monoisotopic (exact) mass is 267 g/mol. The molecule has 2 atom stereocenters. The number of hydrogen-bond acceptors (Lipinski definition) is 4. The first-order chi connectivity index (χ1) is 9.31. The van der Waals surface area contributed by atoms with Crippen LogP contribution in [0.25, 0.3) is 0 Å². The van der Waals surface area contributed by atoms with Crippen LogP contribution in [-0.2, 0) is 4.74 Å². The fourth-order valence-electron chi connectivity index (χ4n) is 3.32. The number of hydrogen-bond donors (Lipinski definition) is 1. The highest BCUT2D eigenvalue weighted by molar-refractivity contribution is 4.86. The summed E-state index contributed by atoms with van der Waals surface area (Å²) in [6, 6.07) is 1.56. The van der Waals surface area contributed by atoms with E-state index >= 15 is 0 Å². The molecule has 1 saturated carbocycles. The van der Waals surface area contributed by atoms with Crippen LogP contribution in [0.3, 0.4) is 0 Å². The molecule has 2 unspecified atom stereocenters. The molecule has 3 aliphatic rings. The lowest BCUT2D eigenvalue weighted by atomic mass is 10.1. The number of nitrogens with zero attached hydrogens (tertiary/aromatic N) is 2. The third kappa shape index (κ3) is 4.15. The molecule has 0 radical (unpaired) electrons. The molecule has 19 heavy (non-hydrogen) atoms. The summed E-state index contributed by atoms with van der Waals surface area (Å²) < 4.78 is 5.42. The van der Waals surface area contributed by atoms with Gasteiger partial charge in [0.25, 0.3) is 0 Å². The topological polar surface area (TPSA) is 27.7 Å². The zero-order chi connectivity index (χ0) is 13.1. The smallest absolute Gasteiger partial charge is 0.0594 e. The largest absolute Gasteiger partial charge is 0.379 e. The van der Waals surface area contributed by atoms with Crippen molar-refractivity contribution in [3.8, 4) is 0 Å². The van der Waals surface area contributed by atoms with Gasteiger partial charge in [0, 0.05) is 38.3 Å². The molecule has 0 amide bonds. The minimum atomic E-state index is 0.698. The third-order valence-electron chi connectivity index (χ3n) is 4.84. The average Bonchev–Trinajstić information content (AvgIpc) is 3.14. The van der Waals surface area contributed by atoms with Crippen LogP contribution in [0, 0.1) is 5.92 Å². The van der Waals surface area contributed by atoms with Crippen molar-refractivity contribution >= 4 is 0 Å². The van der Waals surface area contributed by atoms with Crippen LogP contribution in [0.15, 0.2) is 0 Å². The zero-order valence-electron chi connectivity index (χ0n) is 12.3. The molecule has 0 aromatic heterocycles. The molecule has 0 bridgehead atoms. The fraction of sp³-hybridized carbons (Fsp3) is 1.00. The molecule has 4 heteroatoms. The minimum absolute atomic E-state index is 0.698. The molecule has 1 aliphatic carbocycles. The van der Waals surface area contributed by atoms with E-state index in [0.717, 1.165) is 38.3 Å². The molecular formula is C15H29N3O. The third-order valence-corrected chi connectivity index (χ3v) is 4.84. The van der Waals surface area contributed by atoms with E-state index in [0.29, 0.717) is 6.04 Å². The molecule has 0 aromatic rings. The van der Waals surface area contributed by atoms with Crippen molar-refractivity contribution in [3.63, 3.8) is 0 Å². The molecule has 3 fully saturated rings. The highest BCUT2D eigenvalue weighted by atomic mass is 16.5. The van der Waals surface area contributed by atoms with Gasteiger partial charge in [-0.05, 0) is 45.2 Å². The van der Waals surface area contributed by atoms with Gasteiger partial charge in [-0.2, -0.15) is 0 Å². The van der Waals surface area contributed by atoms with Crippen LogP contribution in [0.4, 0.5) is 0 Å². The van der Waals surface area contributed by atoms with E-state index in [1.165, 1.54) is 45.4 Å². The van der Waals surface area contributed by atoms with E-state index in [4.69, 9.17) is 4.74 Å². The Morgan fingerprint density at radius 3 is 2.68 bits per heavy atom. The van der Waals surface area contributed by atoms with E-state index in [-0.39, 0.29) is 0 Å². The first-order valence-corrected chi connectivity index (χ1v) is 8.09. The Bertz CT molecular complexity index is 277. The van der Waals surface area contributed by atoms with E-state index in [1.54, 1.807) is 0 Å². The maximum atomic E-state index is 5.42. The first kappa shape index (κ1) is 13.8. The Morgan fingerprint density at radius 1 is 1.16 bits per heavy atom.